The van der Waals surface area contributed by atoms with Gasteiger partial charge in [-0.25, -0.2) is 4.79 Å². The number of pyridine rings is 1. The van der Waals surface area contributed by atoms with Crippen molar-refractivity contribution in [3.63, 3.8) is 0 Å². The van der Waals surface area contributed by atoms with E-state index >= 15 is 0 Å². The van der Waals surface area contributed by atoms with E-state index in [1.54, 1.807) is 24.4 Å². The van der Waals surface area contributed by atoms with Crippen LogP contribution in [0.1, 0.15) is 45.0 Å². The standard InChI is InChI=1S/C27H23N3O3S/c1-16-12-17(2)14-20(13-16)30-25(24(29-27(30)34)21-8-3-4-11-28-21)23-10-9-22(33-23)18-6-5-7-19(15-18)26(31)32/h3-15,24-25H,1-2H3,(H,29,34)(H,31,32). The maximum Gasteiger partial charge on any atom is 0.335 e. The zero-order valence-electron chi connectivity index (χ0n) is 18.7. The molecule has 4 aromatic rings. The van der Waals surface area contributed by atoms with Crippen LogP contribution in [0.4, 0.5) is 5.69 Å². The number of furan rings is 1. The molecule has 2 N–H and O–H groups in total. The molecule has 0 saturated carbocycles. The molecule has 2 aromatic carbocycles. The Bertz CT molecular complexity index is 1360. The number of aromatic nitrogens is 1. The van der Waals surface area contributed by atoms with Gasteiger partial charge in [0.1, 0.15) is 17.6 Å². The molecule has 6 nitrogen and oxygen atoms in total. The van der Waals surface area contributed by atoms with Gasteiger partial charge in [0.15, 0.2) is 5.11 Å². The van der Waals surface area contributed by atoms with Crippen molar-refractivity contribution in [1.29, 1.82) is 0 Å². The Morgan fingerprint density at radius 2 is 1.82 bits per heavy atom. The highest BCUT2D eigenvalue weighted by molar-refractivity contribution is 7.80. The number of aromatic carboxylic acids is 1. The third-order valence-electron chi connectivity index (χ3n) is 5.90. The van der Waals surface area contributed by atoms with E-state index in [9.17, 15) is 9.90 Å². The minimum atomic E-state index is -0.977. The Hall–Kier alpha value is -3.97. The summed E-state index contributed by atoms with van der Waals surface area (Å²) in [7, 11) is 0. The smallest absolute Gasteiger partial charge is 0.335 e. The van der Waals surface area contributed by atoms with Crippen molar-refractivity contribution in [2.24, 2.45) is 0 Å². The van der Waals surface area contributed by atoms with Crippen LogP contribution < -0.4 is 10.2 Å². The highest BCUT2D eigenvalue weighted by atomic mass is 32.1. The van der Waals surface area contributed by atoms with Crippen LogP contribution >= 0.6 is 12.2 Å². The Kier molecular flexibility index (Phi) is 5.63. The number of carboxylic acids is 1. The predicted octanol–water partition coefficient (Wildman–Crippen LogP) is 5.83. The molecule has 2 atom stereocenters. The predicted molar refractivity (Wildman–Crippen MR) is 135 cm³/mol. The number of thiocarbonyl (C=S) groups is 1. The lowest BCUT2D eigenvalue weighted by molar-refractivity contribution is 0.0697. The van der Waals surface area contributed by atoms with E-state index in [4.69, 9.17) is 16.6 Å². The molecule has 1 aliphatic heterocycles. The lowest BCUT2D eigenvalue weighted by Crippen LogP contribution is -2.29. The molecular weight excluding hydrogens is 446 g/mol. The third-order valence-corrected chi connectivity index (χ3v) is 6.21. The zero-order valence-corrected chi connectivity index (χ0v) is 19.5. The number of hydrogen-bond acceptors (Lipinski definition) is 4. The average molecular weight is 470 g/mol. The van der Waals surface area contributed by atoms with Crippen LogP contribution in [0.15, 0.2) is 83.4 Å². The summed E-state index contributed by atoms with van der Waals surface area (Å²) in [4.78, 5) is 18.1. The van der Waals surface area contributed by atoms with Gasteiger partial charge in [-0.05, 0) is 85.7 Å². The first-order chi connectivity index (χ1) is 16.4. The number of rotatable bonds is 5. The van der Waals surface area contributed by atoms with Crippen molar-refractivity contribution < 1.29 is 14.3 Å². The minimum absolute atomic E-state index is 0.211. The van der Waals surface area contributed by atoms with E-state index in [2.05, 4.69) is 47.2 Å². The molecule has 0 radical (unpaired) electrons. The fraction of sp³-hybridized carbons (Fsp3) is 0.148. The first kappa shape index (κ1) is 21.9. The number of anilines is 1. The number of benzene rings is 2. The van der Waals surface area contributed by atoms with Crippen LogP contribution in [0.3, 0.4) is 0 Å². The van der Waals surface area contributed by atoms with E-state index in [0.717, 1.165) is 22.5 Å². The van der Waals surface area contributed by atoms with Crippen molar-refractivity contribution in [2.45, 2.75) is 25.9 Å². The molecule has 3 heterocycles. The molecule has 1 fully saturated rings. The molecule has 5 rings (SSSR count). The van der Waals surface area contributed by atoms with Crippen molar-refractivity contribution in [2.75, 3.05) is 4.90 Å². The summed E-state index contributed by atoms with van der Waals surface area (Å²) >= 11 is 5.79. The second-order valence-electron chi connectivity index (χ2n) is 8.43. The largest absolute Gasteiger partial charge is 0.478 e. The van der Waals surface area contributed by atoms with Crippen LogP contribution in [0, 0.1) is 13.8 Å². The van der Waals surface area contributed by atoms with Crippen molar-refractivity contribution in [3.8, 4) is 11.3 Å². The number of nitrogens with one attached hydrogen (secondary N) is 1. The molecule has 7 heteroatoms. The lowest BCUT2D eigenvalue weighted by atomic mass is 10.0. The van der Waals surface area contributed by atoms with Gasteiger partial charge in [0.05, 0.1) is 17.3 Å². The first-order valence-electron chi connectivity index (χ1n) is 10.9. The summed E-state index contributed by atoms with van der Waals surface area (Å²) < 4.78 is 6.34. The van der Waals surface area contributed by atoms with Gasteiger partial charge in [0.2, 0.25) is 0 Å². The van der Waals surface area contributed by atoms with Crippen LogP contribution in [-0.4, -0.2) is 21.2 Å². The second kappa shape index (κ2) is 8.76. The van der Waals surface area contributed by atoms with Gasteiger partial charge in [-0.2, -0.15) is 0 Å². The topological polar surface area (TPSA) is 78.6 Å². The second-order valence-corrected chi connectivity index (χ2v) is 8.82. The van der Waals surface area contributed by atoms with Gasteiger partial charge in [-0.1, -0.05) is 24.3 Å². The van der Waals surface area contributed by atoms with Gasteiger partial charge in [-0.15, -0.1) is 0 Å². The Labute approximate surface area is 202 Å². The maximum atomic E-state index is 11.4. The summed E-state index contributed by atoms with van der Waals surface area (Å²) in [6.45, 7) is 4.13. The summed E-state index contributed by atoms with van der Waals surface area (Å²) in [6.07, 6.45) is 1.77. The molecule has 2 unspecified atom stereocenters. The Morgan fingerprint density at radius 3 is 2.53 bits per heavy atom. The van der Waals surface area contributed by atoms with Gasteiger partial charge >= 0.3 is 5.97 Å². The fourth-order valence-electron chi connectivity index (χ4n) is 4.48. The molecular formula is C27H23N3O3S. The lowest BCUT2D eigenvalue weighted by Gasteiger charge is -2.26. The van der Waals surface area contributed by atoms with E-state index in [1.807, 2.05) is 36.4 Å². The minimum Gasteiger partial charge on any atom is -0.478 e. The SMILES string of the molecule is Cc1cc(C)cc(N2C(=S)NC(c3ccccn3)C2c2ccc(-c3cccc(C(=O)O)c3)o2)c1. The molecule has 0 spiro atoms. The molecule has 34 heavy (non-hydrogen) atoms. The average Bonchev–Trinajstić information content (AvgIpc) is 3.43. The summed E-state index contributed by atoms with van der Waals surface area (Å²) in [5, 5.41) is 13.4. The number of nitrogens with zero attached hydrogens (tertiary/aromatic N) is 2. The highest BCUT2D eigenvalue weighted by Crippen LogP contribution is 2.43. The quantitative estimate of drug-likeness (QED) is 0.356. The summed E-state index contributed by atoms with van der Waals surface area (Å²) in [5.74, 6) is 0.323. The van der Waals surface area contributed by atoms with Crippen molar-refractivity contribution in [3.05, 3.63) is 107 Å². The van der Waals surface area contributed by atoms with Gasteiger partial charge in [0, 0.05) is 17.4 Å². The molecule has 1 aliphatic rings. The van der Waals surface area contributed by atoms with E-state index in [1.165, 1.54) is 0 Å². The van der Waals surface area contributed by atoms with Crippen molar-refractivity contribution in [1.82, 2.24) is 10.3 Å². The Morgan fingerprint density at radius 1 is 1.03 bits per heavy atom. The van der Waals surface area contributed by atoms with E-state index in [-0.39, 0.29) is 17.6 Å². The number of carboxylic acid groups (broad SMARTS) is 1. The van der Waals surface area contributed by atoms with Crippen molar-refractivity contribution >= 4 is 29.0 Å². The maximum absolute atomic E-state index is 11.4. The normalized spacial score (nSPS) is 17.6. The first-order valence-corrected chi connectivity index (χ1v) is 11.3. The van der Waals surface area contributed by atoms with Crippen LogP contribution in [0.25, 0.3) is 11.3 Å². The molecule has 170 valence electrons. The monoisotopic (exact) mass is 469 g/mol. The molecule has 0 bridgehead atoms. The number of carbonyl (C=O) groups is 1. The van der Waals surface area contributed by atoms with Crippen LogP contribution in [0.2, 0.25) is 0 Å². The summed E-state index contributed by atoms with van der Waals surface area (Å²) in [6, 6.07) is 22.2. The highest BCUT2D eigenvalue weighted by Gasteiger charge is 2.42. The third kappa shape index (κ3) is 4.06. The molecule has 0 aliphatic carbocycles. The Balaban J connectivity index is 1.61. The summed E-state index contributed by atoms with van der Waals surface area (Å²) in [5.41, 5.74) is 5.03. The number of hydrogen-bond donors (Lipinski definition) is 2. The molecule has 0 amide bonds. The molecule has 1 saturated heterocycles. The van der Waals surface area contributed by atoms with Gasteiger partial charge in [-0.3, -0.25) is 4.98 Å². The van der Waals surface area contributed by atoms with Gasteiger partial charge < -0.3 is 19.7 Å². The fourth-order valence-corrected chi connectivity index (χ4v) is 4.83. The van der Waals surface area contributed by atoms with Gasteiger partial charge in [0.25, 0.3) is 0 Å². The van der Waals surface area contributed by atoms with Crippen LogP contribution in [0.5, 0.6) is 0 Å². The van der Waals surface area contributed by atoms with E-state index in [0.29, 0.717) is 22.2 Å². The van der Waals surface area contributed by atoms with E-state index < -0.39 is 5.97 Å². The number of aryl methyl sites for hydroxylation is 2. The van der Waals surface area contributed by atoms with Crippen LogP contribution in [-0.2, 0) is 0 Å². The zero-order chi connectivity index (χ0) is 23.8. The molecule has 2 aromatic heterocycles.